The Labute approximate surface area is 160 Å². The molecule has 0 radical (unpaired) electrons. The molecule has 3 nitrogen and oxygen atoms in total. The van der Waals surface area contributed by atoms with Gasteiger partial charge in [0.25, 0.3) is 0 Å². The molecule has 1 N–H and O–H groups in total. The van der Waals surface area contributed by atoms with Gasteiger partial charge in [0.15, 0.2) is 0 Å². The summed E-state index contributed by atoms with van der Waals surface area (Å²) in [6.45, 7) is 0.352. The molecule has 2 aromatic carbocycles. The fraction of sp³-hybridized carbons (Fsp3) is 0.286. The van der Waals surface area contributed by atoms with Gasteiger partial charge in [0.1, 0.15) is 11.6 Å². The molecule has 6 heteroatoms. The summed E-state index contributed by atoms with van der Waals surface area (Å²) < 4.78 is 30.5. The molecule has 0 aliphatic heterocycles. The third-order valence-electron chi connectivity index (χ3n) is 5.24. The van der Waals surface area contributed by atoms with Gasteiger partial charge in [0.05, 0.1) is 11.9 Å². The predicted molar refractivity (Wildman–Crippen MR) is 100 cm³/mol. The zero-order valence-electron chi connectivity index (χ0n) is 14.5. The first-order valence-corrected chi connectivity index (χ1v) is 9.28. The molecule has 0 spiro atoms. The Morgan fingerprint density at radius 3 is 2.81 bits per heavy atom. The number of nitrogens with zero attached hydrogens (tertiary/aromatic N) is 1. The van der Waals surface area contributed by atoms with Crippen LogP contribution < -0.4 is 0 Å². The number of aliphatic carboxylic acids is 1. The van der Waals surface area contributed by atoms with E-state index in [1.165, 1.54) is 6.07 Å². The normalized spacial score (nSPS) is 16.5. The second-order valence-corrected chi connectivity index (χ2v) is 7.49. The first-order valence-electron chi connectivity index (χ1n) is 8.90. The van der Waals surface area contributed by atoms with Crippen molar-refractivity contribution in [1.29, 1.82) is 0 Å². The van der Waals surface area contributed by atoms with Crippen molar-refractivity contribution in [3.05, 3.63) is 69.9 Å². The quantitative estimate of drug-likeness (QED) is 0.638. The molecule has 3 aromatic rings. The number of hydrogen-bond donors (Lipinski definition) is 1. The number of aromatic nitrogens is 1. The smallest absolute Gasteiger partial charge is 0.304 e. The summed E-state index contributed by atoms with van der Waals surface area (Å²) >= 11 is 6.09. The van der Waals surface area contributed by atoms with Gasteiger partial charge in [-0.2, -0.15) is 0 Å². The van der Waals surface area contributed by atoms with E-state index >= 15 is 0 Å². The Morgan fingerprint density at radius 2 is 2.07 bits per heavy atom. The van der Waals surface area contributed by atoms with E-state index in [9.17, 15) is 18.7 Å². The minimum atomic E-state index is -0.890. The van der Waals surface area contributed by atoms with Crippen LogP contribution in [0.3, 0.4) is 0 Å². The van der Waals surface area contributed by atoms with Crippen LogP contribution in [0.1, 0.15) is 42.0 Å². The summed E-state index contributed by atoms with van der Waals surface area (Å²) in [6.07, 6.45) is 2.19. The molecular weight excluding hydrogens is 372 g/mol. The van der Waals surface area contributed by atoms with E-state index in [1.54, 1.807) is 12.1 Å². The second-order valence-electron chi connectivity index (χ2n) is 7.05. The Hall–Kier alpha value is -2.40. The maximum Gasteiger partial charge on any atom is 0.304 e. The van der Waals surface area contributed by atoms with E-state index in [-0.39, 0.29) is 12.3 Å². The SMILES string of the molecule is O=C(O)CC1CCCc2c1n(Cc1cccc(Cl)c1)c1c(F)cc(F)cc21. The van der Waals surface area contributed by atoms with Gasteiger partial charge in [-0.3, -0.25) is 4.79 Å². The average Bonchev–Trinajstić information content (AvgIpc) is 2.89. The molecule has 1 unspecified atom stereocenters. The molecule has 1 heterocycles. The molecule has 0 amide bonds. The van der Waals surface area contributed by atoms with Gasteiger partial charge in [-0.1, -0.05) is 23.7 Å². The molecular formula is C21H18ClF2NO2. The summed E-state index contributed by atoms with van der Waals surface area (Å²) in [5.41, 5.74) is 2.88. The Bertz CT molecular complexity index is 1040. The summed E-state index contributed by atoms with van der Waals surface area (Å²) in [7, 11) is 0. The number of fused-ring (bicyclic) bond motifs is 3. The largest absolute Gasteiger partial charge is 0.481 e. The first-order chi connectivity index (χ1) is 12.9. The van der Waals surface area contributed by atoms with E-state index in [1.807, 2.05) is 16.7 Å². The highest BCUT2D eigenvalue weighted by Gasteiger charge is 2.30. The lowest BCUT2D eigenvalue weighted by Crippen LogP contribution is -2.17. The number of aryl methyl sites for hydroxylation is 1. The molecule has 1 atom stereocenters. The fourth-order valence-electron chi connectivity index (χ4n) is 4.27. The van der Waals surface area contributed by atoms with Crippen LogP contribution in [0.2, 0.25) is 5.02 Å². The molecule has 1 aliphatic rings. The third kappa shape index (κ3) is 3.32. The first kappa shape index (κ1) is 18.0. The Kier molecular flexibility index (Phi) is 4.64. The molecule has 1 aromatic heterocycles. The number of carboxylic acid groups (broad SMARTS) is 1. The molecule has 140 valence electrons. The minimum absolute atomic E-state index is 0.0248. The molecule has 27 heavy (non-hydrogen) atoms. The standard InChI is InChI=1S/C21H18ClF2NO2/c22-14-5-1-3-12(7-14)11-25-20-13(8-19(26)27)4-2-6-16(20)17-9-15(23)10-18(24)21(17)25/h1,3,5,7,9-10,13H,2,4,6,8,11H2,(H,26,27). The summed E-state index contributed by atoms with van der Waals surface area (Å²) in [5.74, 6) is -2.36. The van der Waals surface area contributed by atoms with Gasteiger partial charge in [-0.05, 0) is 48.6 Å². The van der Waals surface area contributed by atoms with Crippen molar-refractivity contribution in [1.82, 2.24) is 4.57 Å². The van der Waals surface area contributed by atoms with Crippen LogP contribution in [-0.2, 0) is 17.8 Å². The van der Waals surface area contributed by atoms with Crippen molar-refractivity contribution in [3.63, 3.8) is 0 Å². The van der Waals surface area contributed by atoms with Crippen LogP contribution in [0.5, 0.6) is 0 Å². The Balaban J connectivity index is 1.96. The fourth-order valence-corrected chi connectivity index (χ4v) is 4.49. The lowest BCUT2D eigenvalue weighted by atomic mass is 9.84. The molecule has 0 saturated carbocycles. The van der Waals surface area contributed by atoms with Gasteiger partial charge < -0.3 is 9.67 Å². The van der Waals surface area contributed by atoms with Gasteiger partial charge in [0.2, 0.25) is 0 Å². The van der Waals surface area contributed by atoms with Gasteiger partial charge in [0, 0.05) is 34.6 Å². The number of benzene rings is 2. The number of carbonyl (C=O) groups is 1. The van der Waals surface area contributed by atoms with Crippen LogP contribution in [0.15, 0.2) is 36.4 Å². The van der Waals surface area contributed by atoms with Crippen LogP contribution >= 0.6 is 11.6 Å². The van der Waals surface area contributed by atoms with Gasteiger partial charge in [-0.15, -0.1) is 0 Å². The van der Waals surface area contributed by atoms with E-state index in [0.29, 0.717) is 28.9 Å². The summed E-state index contributed by atoms with van der Waals surface area (Å²) in [5, 5.41) is 10.4. The highest BCUT2D eigenvalue weighted by Crippen LogP contribution is 2.41. The number of rotatable bonds is 4. The van der Waals surface area contributed by atoms with Crippen LogP contribution in [0, 0.1) is 11.6 Å². The van der Waals surface area contributed by atoms with Crippen molar-refractivity contribution in [2.45, 2.75) is 38.1 Å². The molecule has 4 rings (SSSR count). The lowest BCUT2D eigenvalue weighted by molar-refractivity contribution is -0.137. The van der Waals surface area contributed by atoms with Crippen molar-refractivity contribution < 1.29 is 18.7 Å². The van der Waals surface area contributed by atoms with Crippen molar-refractivity contribution in [2.24, 2.45) is 0 Å². The van der Waals surface area contributed by atoms with Crippen molar-refractivity contribution in [3.8, 4) is 0 Å². The van der Waals surface area contributed by atoms with E-state index in [4.69, 9.17) is 11.6 Å². The van der Waals surface area contributed by atoms with Crippen LogP contribution in [0.25, 0.3) is 10.9 Å². The van der Waals surface area contributed by atoms with E-state index in [0.717, 1.165) is 35.7 Å². The topological polar surface area (TPSA) is 42.2 Å². The van der Waals surface area contributed by atoms with Crippen LogP contribution in [-0.4, -0.2) is 15.6 Å². The highest BCUT2D eigenvalue weighted by atomic mass is 35.5. The lowest BCUT2D eigenvalue weighted by Gasteiger charge is -2.24. The van der Waals surface area contributed by atoms with Crippen LogP contribution in [0.4, 0.5) is 8.78 Å². The van der Waals surface area contributed by atoms with Crippen molar-refractivity contribution >= 4 is 28.5 Å². The maximum atomic E-state index is 14.8. The summed E-state index contributed by atoms with van der Waals surface area (Å²) in [6, 6.07) is 9.51. The predicted octanol–water partition coefficient (Wildman–Crippen LogP) is 5.52. The average molecular weight is 390 g/mol. The monoisotopic (exact) mass is 389 g/mol. The molecule has 0 bridgehead atoms. The maximum absolute atomic E-state index is 14.8. The third-order valence-corrected chi connectivity index (χ3v) is 5.48. The highest BCUT2D eigenvalue weighted by molar-refractivity contribution is 6.30. The number of carboxylic acids is 1. The van der Waals surface area contributed by atoms with Gasteiger partial charge >= 0.3 is 5.97 Å². The zero-order valence-corrected chi connectivity index (χ0v) is 15.3. The Morgan fingerprint density at radius 1 is 1.26 bits per heavy atom. The second kappa shape index (κ2) is 6.97. The number of halogens is 3. The molecule has 1 aliphatic carbocycles. The number of hydrogen-bond acceptors (Lipinski definition) is 1. The molecule has 0 fully saturated rings. The minimum Gasteiger partial charge on any atom is -0.481 e. The van der Waals surface area contributed by atoms with Gasteiger partial charge in [-0.25, -0.2) is 8.78 Å². The molecule has 0 saturated heterocycles. The zero-order chi connectivity index (χ0) is 19.1. The van der Waals surface area contributed by atoms with Crippen molar-refractivity contribution in [2.75, 3.05) is 0 Å². The van der Waals surface area contributed by atoms with E-state index < -0.39 is 17.6 Å². The van der Waals surface area contributed by atoms with E-state index in [2.05, 4.69) is 0 Å². The summed E-state index contributed by atoms with van der Waals surface area (Å²) in [4.78, 5) is 11.4.